The zero-order chi connectivity index (χ0) is 17.1. The van der Waals surface area contributed by atoms with Gasteiger partial charge in [-0.1, -0.05) is 6.07 Å². The van der Waals surface area contributed by atoms with Crippen LogP contribution >= 0.6 is 0 Å². The third-order valence-electron chi connectivity index (χ3n) is 4.10. The van der Waals surface area contributed by atoms with E-state index in [-0.39, 0.29) is 12.3 Å². The lowest BCUT2D eigenvalue weighted by Crippen LogP contribution is -2.16. The van der Waals surface area contributed by atoms with Crippen molar-refractivity contribution in [1.82, 2.24) is 0 Å². The summed E-state index contributed by atoms with van der Waals surface area (Å²) in [5.74, 6) is 1.14. The second kappa shape index (κ2) is 6.63. The van der Waals surface area contributed by atoms with E-state index in [4.69, 9.17) is 19.8 Å². The Labute approximate surface area is 140 Å². The maximum Gasteiger partial charge on any atom is 0.303 e. The van der Waals surface area contributed by atoms with Crippen LogP contribution in [-0.2, 0) is 4.79 Å². The van der Waals surface area contributed by atoms with Crippen LogP contribution in [0.3, 0.4) is 0 Å². The molecule has 0 saturated carbocycles. The van der Waals surface area contributed by atoms with Gasteiger partial charge in [-0.15, -0.1) is 0 Å². The summed E-state index contributed by atoms with van der Waals surface area (Å²) < 4.78 is 11.5. The number of aliphatic carboxylic acids is 1. The molecule has 0 amide bonds. The predicted molar refractivity (Wildman–Crippen MR) is 87.5 cm³/mol. The van der Waals surface area contributed by atoms with Crippen molar-refractivity contribution in [3.8, 4) is 23.3 Å². The molecule has 0 saturated heterocycles. The molecule has 1 heterocycles. The highest BCUT2D eigenvalue weighted by Crippen LogP contribution is 2.39. The molecule has 1 aliphatic heterocycles. The number of carbonyl (C=O) groups is 1. The monoisotopic (exact) mass is 323 g/mol. The van der Waals surface area contributed by atoms with Crippen molar-refractivity contribution in [3.05, 3.63) is 53.1 Å². The van der Waals surface area contributed by atoms with Gasteiger partial charge in [0.05, 0.1) is 24.7 Å². The van der Waals surface area contributed by atoms with E-state index in [1.165, 1.54) is 0 Å². The molecular weight excluding hydrogens is 306 g/mol. The molecule has 1 N–H and O–H groups in total. The number of hydrogen-bond acceptors (Lipinski definition) is 4. The molecule has 3 rings (SSSR count). The first-order valence-corrected chi connectivity index (χ1v) is 7.74. The number of hydrogen-bond donors (Lipinski definition) is 1. The minimum atomic E-state index is -0.804. The van der Waals surface area contributed by atoms with Crippen LogP contribution in [0.2, 0.25) is 0 Å². The summed E-state index contributed by atoms with van der Waals surface area (Å²) in [4.78, 5) is 11.0. The van der Waals surface area contributed by atoms with E-state index in [0.717, 1.165) is 11.1 Å². The zero-order valence-electron chi connectivity index (χ0n) is 13.3. The average Bonchev–Trinajstić information content (AvgIpc) is 2.56. The summed E-state index contributed by atoms with van der Waals surface area (Å²) in [6.07, 6.45) is 0.805. The second-order valence-electron chi connectivity index (χ2n) is 5.83. The zero-order valence-corrected chi connectivity index (χ0v) is 13.3. The number of rotatable bonds is 4. The largest absolute Gasteiger partial charge is 0.493 e. The third kappa shape index (κ3) is 3.33. The fourth-order valence-corrected chi connectivity index (χ4v) is 2.89. The van der Waals surface area contributed by atoms with Gasteiger partial charge in [0, 0.05) is 12.0 Å². The number of nitrogens with zero attached hydrogens (tertiary/aromatic N) is 1. The SMILES string of the molecule is Cc1cc(C#N)ccc1Oc1ccc2c(c1)OCC[C@H]2CC(=O)O. The Balaban J connectivity index is 1.84. The van der Waals surface area contributed by atoms with Gasteiger partial charge in [0.1, 0.15) is 17.2 Å². The molecule has 0 aliphatic carbocycles. The third-order valence-corrected chi connectivity index (χ3v) is 4.10. The van der Waals surface area contributed by atoms with E-state index in [2.05, 4.69) is 6.07 Å². The van der Waals surface area contributed by atoms with Crippen LogP contribution < -0.4 is 9.47 Å². The van der Waals surface area contributed by atoms with Crippen molar-refractivity contribution in [2.75, 3.05) is 6.61 Å². The Hall–Kier alpha value is -3.00. The topological polar surface area (TPSA) is 79.5 Å². The van der Waals surface area contributed by atoms with Crippen LogP contribution in [-0.4, -0.2) is 17.7 Å². The molecule has 0 spiro atoms. The molecule has 24 heavy (non-hydrogen) atoms. The summed E-state index contributed by atoms with van der Waals surface area (Å²) in [6, 6.07) is 12.8. The summed E-state index contributed by atoms with van der Waals surface area (Å²) in [7, 11) is 0. The average molecular weight is 323 g/mol. The number of aryl methyl sites for hydroxylation is 1. The van der Waals surface area contributed by atoms with E-state index in [9.17, 15) is 4.79 Å². The summed E-state index contributed by atoms with van der Waals surface area (Å²) in [5.41, 5.74) is 2.37. The minimum absolute atomic E-state index is 0.0306. The first-order chi connectivity index (χ1) is 11.6. The number of nitriles is 1. The van der Waals surface area contributed by atoms with Gasteiger partial charge in [-0.25, -0.2) is 0 Å². The van der Waals surface area contributed by atoms with Crippen molar-refractivity contribution in [2.24, 2.45) is 0 Å². The van der Waals surface area contributed by atoms with Crippen molar-refractivity contribution >= 4 is 5.97 Å². The first kappa shape index (κ1) is 15.9. The molecule has 2 aromatic carbocycles. The fraction of sp³-hybridized carbons (Fsp3) is 0.263. The highest BCUT2D eigenvalue weighted by molar-refractivity contribution is 5.68. The molecule has 0 aromatic heterocycles. The molecule has 5 heteroatoms. The molecule has 1 atom stereocenters. The maximum absolute atomic E-state index is 11.0. The Morgan fingerprint density at radius 1 is 1.38 bits per heavy atom. The summed E-state index contributed by atoms with van der Waals surface area (Å²) in [6.45, 7) is 2.39. The standard InChI is InChI=1S/C19H17NO4/c1-12-8-13(11-20)2-5-17(12)24-15-3-4-16-14(9-19(21)22)6-7-23-18(16)10-15/h2-5,8,10,14H,6-7,9H2,1H3,(H,21,22)/t14-/m0/s1. The van der Waals surface area contributed by atoms with Crippen LogP contribution in [0.5, 0.6) is 17.2 Å². The number of carboxylic acid groups (broad SMARTS) is 1. The highest BCUT2D eigenvalue weighted by Gasteiger charge is 2.24. The molecule has 0 radical (unpaired) electrons. The number of carboxylic acids is 1. The van der Waals surface area contributed by atoms with Crippen LogP contribution in [0.1, 0.15) is 35.4 Å². The number of benzene rings is 2. The van der Waals surface area contributed by atoms with Gasteiger partial charge in [-0.2, -0.15) is 5.26 Å². The Morgan fingerprint density at radius 3 is 2.92 bits per heavy atom. The van der Waals surface area contributed by atoms with E-state index in [1.807, 2.05) is 19.1 Å². The van der Waals surface area contributed by atoms with Gasteiger partial charge in [-0.3, -0.25) is 4.79 Å². The molecule has 122 valence electrons. The molecular formula is C19H17NO4. The fourth-order valence-electron chi connectivity index (χ4n) is 2.89. The minimum Gasteiger partial charge on any atom is -0.493 e. The predicted octanol–water partition coefficient (Wildman–Crippen LogP) is 4.00. The van der Waals surface area contributed by atoms with Crippen molar-refractivity contribution in [2.45, 2.75) is 25.7 Å². The van der Waals surface area contributed by atoms with Gasteiger partial charge < -0.3 is 14.6 Å². The van der Waals surface area contributed by atoms with Gasteiger partial charge in [0.25, 0.3) is 0 Å². The van der Waals surface area contributed by atoms with Crippen LogP contribution in [0.4, 0.5) is 0 Å². The molecule has 5 nitrogen and oxygen atoms in total. The molecule has 0 unspecified atom stereocenters. The molecule has 0 fully saturated rings. The van der Waals surface area contributed by atoms with Crippen LogP contribution in [0.15, 0.2) is 36.4 Å². The van der Waals surface area contributed by atoms with E-state index in [1.54, 1.807) is 24.3 Å². The second-order valence-corrected chi connectivity index (χ2v) is 5.83. The Kier molecular flexibility index (Phi) is 4.39. The quantitative estimate of drug-likeness (QED) is 0.920. The lowest BCUT2D eigenvalue weighted by molar-refractivity contribution is -0.137. The maximum atomic E-state index is 11.0. The normalized spacial score (nSPS) is 15.8. The molecule has 1 aliphatic rings. The van der Waals surface area contributed by atoms with Crippen molar-refractivity contribution < 1.29 is 19.4 Å². The van der Waals surface area contributed by atoms with E-state index < -0.39 is 5.97 Å². The Morgan fingerprint density at radius 2 is 2.21 bits per heavy atom. The van der Waals surface area contributed by atoms with E-state index in [0.29, 0.717) is 35.8 Å². The summed E-state index contributed by atoms with van der Waals surface area (Å²) >= 11 is 0. The number of fused-ring (bicyclic) bond motifs is 1. The van der Waals surface area contributed by atoms with Gasteiger partial charge in [-0.05, 0) is 48.7 Å². The first-order valence-electron chi connectivity index (χ1n) is 7.74. The lowest BCUT2D eigenvalue weighted by atomic mass is 9.90. The number of ether oxygens (including phenoxy) is 2. The lowest BCUT2D eigenvalue weighted by Gasteiger charge is -2.25. The van der Waals surface area contributed by atoms with Gasteiger partial charge in [0.15, 0.2) is 0 Å². The summed E-state index contributed by atoms with van der Waals surface area (Å²) in [5, 5.41) is 17.9. The molecule has 0 bridgehead atoms. The highest BCUT2D eigenvalue weighted by atomic mass is 16.5. The van der Waals surface area contributed by atoms with Gasteiger partial charge >= 0.3 is 5.97 Å². The van der Waals surface area contributed by atoms with Crippen molar-refractivity contribution in [3.63, 3.8) is 0 Å². The molecule has 2 aromatic rings. The van der Waals surface area contributed by atoms with E-state index >= 15 is 0 Å². The smallest absolute Gasteiger partial charge is 0.303 e. The van der Waals surface area contributed by atoms with Crippen LogP contribution in [0, 0.1) is 18.3 Å². The van der Waals surface area contributed by atoms with Crippen molar-refractivity contribution in [1.29, 1.82) is 5.26 Å². The van der Waals surface area contributed by atoms with Crippen LogP contribution in [0.25, 0.3) is 0 Å². The van der Waals surface area contributed by atoms with Gasteiger partial charge in [0.2, 0.25) is 0 Å². The Bertz CT molecular complexity index is 823.